The van der Waals surface area contributed by atoms with E-state index in [0.717, 1.165) is 37.8 Å². The summed E-state index contributed by atoms with van der Waals surface area (Å²) in [7, 11) is -3.51. The standard InChI is InChI=1S/C17H23N3O3S.ClH/c21-17-2-1-9-20(17)15-5-7-16(8-6-15)24(22,23)19-14-10-12-3-4-13(11-14)18-12;/h5-8,12-14,18-19H,1-4,9-11H2;1H. The molecule has 1 amide bonds. The van der Waals surface area contributed by atoms with Crippen LogP contribution in [0.25, 0.3) is 0 Å². The van der Waals surface area contributed by atoms with Gasteiger partial charge in [-0.15, -0.1) is 12.4 Å². The SMILES string of the molecule is Cl.O=C1CCCN1c1ccc(S(=O)(=O)NC2CC3CCC(C2)N3)cc1. The van der Waals surface area contributed by atoms with Gasteiger partial charge in [0.1, 0.15) is 0 Å². The number of sulfonamides is 1. The summed E-state index contributed by atoms with van der Waals surface area (Å²) in [5.74, 6) is 0.105. The monoisotopic (exact) mass is 385 g/mol. The Bertz CT molecular complexity index is 726. The molecule has 0 radical (unpaired) electrons. The maximum atomic E-state index is 12.6. The lowest BCUT2D eigenvalue weighted by molar-refractivity contribution is -0.117. The summed E-state index contributed by atoms with van der Waals surface area (Å²) in [6.07, 6.45) is 5.42. The smallest absolute Gasteiger partial charge is 0.240 e. The van der Waals surface area contributed by atoms with Crippen LogP contribution in [0.5, 0.6) is 0 Å². The molecule has 3 saturated heterocycles. The summed E-state index contributed by atoms with van der Waals surface area (Å²) in [6.45, 7) is 0.709. The number of fused-ring (bicyclic) bond motifs is 2. The van der Waals surface area contributed by atoms with Gasteiger partial charge in [0.05, 0.1) is 4.90 Å². The number of piperidine rings is 1. The highest BCUT2D eigenvalue weighted by Gasteiger charge is 2.35. The number of carbonyl (C=O) groups is 1. The van der Waals surface area contributed by atoms with Gasteiger partial charge < -0.3 is 10.2 Å². The molecule has 6 nitrogen and oxygen atoms in total. The zero-order valence-electron chi connectivity index (χ0n) is 14.0. The van der Waals surface area contributed by atoms with Crippen molar-refractivity contribution in [1.29, 1.82) is 0 Å². The lowest BCUT2D eigenvalue weighted by Gasteiger charge is -2.29. The second-order valence-electron chi connectivity index (χ2n) is 7.07. The van der Waals surface area contributed by atoms with Crippen molar-refractivity contribution >= 4 is 34.0 Å². The summed E-state index contributed by atoms with van der Waals surface area (Å²) in [5, 5.41) is 3.52. The van der Waals surface area contributed by atoms with Gasteiger partial charge in [0.15, 0.2) is 0 Å². The molecule has 2 bridgehead atoms. The van der Waals surface area contributed by atoms with E-state index in [-0.39, 0.29) is 29.3 Å². The number of nitrogens with one attached hydrogen (secondary N) is 2. The fraction of sp³-hybridized carbons (Fsp3) is 0.588. The van der Waals surface area contributed by atoms with Gasteiger partial charge >= 0.3 is 0 Å². The molecular formula is C17H24ClN3O3S. The Morgan fingerprint density at radius 2 is 1.72 bits per heavy atom. The minimum absolute atomic E-state index is 0. The molecule has 1 aromatic carbocycles. The number of nitrogens with zero attached hydrogens (tertiary/aromatic N) is 1. The second kappa shape index (κ2) is 7.23. The second-order valence-corrected chi connectivity index (χ2v) is 8.78. The average molecular weight is 386 g/mol. The van der Waals surface area contributed by atoms with Crippen LogP contribution in [0.1, 0.15) is 38.5 Å². The molecule has 0 aliphatic carbocycles. The normalized spacial score (nSPS) is 28.9. The first-order valence-corrected chi connectivity index (χ1v) is 10.2. The third-order valence-electron chi connectivity index (χ3n) is 5.33. The molecule has 2 atom stereocenters. The molecule has 25 heavy (non-hydrogen) atoms. The quantitative estimate of drug-likeness (QED) is 0.828. The molecule has 2 N–H and O–H groups in total. The van der Waals surface area contributed by atoms with Gasteiger partial charge in [0.2, 0.25) is 15.9 Å². The zero-order valence-corrected chi connectivity index (χ0v) is 15.6. The van der Waals surface area contributed by atoms with E-state index in [9.17, 15) is 13.2 Å². The van der Waals surface area contributed by atoms with Crippen LogP contribution in [-0.4, -0.2) is 39.0 Å². The highest BCUT2D eigenvalue weighted by atomic mass is 35.5. The van der Waals surface area contributed by atoms with E-state index in [0.29, 0.717) is 25.0 Å². The Morgan fingerprint density at radius 1 is 1.08 bits per heavy atom. The number of halogens is 1. The van der Waals surface area contributed by atoms with Gasteiger partial charge in [0.25, 0.3) is 0 Å². The topological polar surface area (TPSA) is 78.5 Å². The number of carbonyl (C=O) groups excluding carboxylic acids is 1. The van der Waals surface area contributed by atoms with Crippen LogP contribution < -0.4 is 14.9 Å². The minimum Gasteiger partial charge on any atom is -0.312 e. The maximum Gasteiger partial charge on any atom is 0.240 e. The van der Waals surface area contributed by atoms with E-state index in [4.69, 9.17) is 0 Å². The van der Waals surface area contributed by atoms with Crippen molar-refractivity contribution < 1.29 is 13.2 Å². The number of hydrogen-bond acceptors (Lipinski definition) is 4. The molecular weight excluding hydrogens is 362 g/mol. The first-order valence-electron chi connectivity index (χ1n) is 8.70. The summed E-state index contributed by atoms with van der Waals surface area (Å²) >= 11 is 0. The summed E-state index contributed by atoms with van der Waals surface area (Å²) in [4.78, 5) is 13.8. The highest BCUT2D eigenvalue weighted by Crippen LogP contribution is 2.28. The van der Waals surface area contributed by atoms with Crippen molar-refractivity contribution in [3.8, 4) is 0 Å². The summed E-state index contributed by atoms with van der Waals surface area (Å²) in [6, 6.07) is 7.54. The molecule has 138 valence electrons. The Morgan fingerprint density at radius 3 is 2.28 bits per heavy atom. The summed E-state index contributed by atoms with van der Waals surface area (Å²) < 4.78 is 28.1. The van der Waals surface area contributed by atoms with Crippen LogP contribution in [-0.2, 0) is 14.8 Å². The Kier molecular flexibility index (Phi) is 5.39. The first kappa shape index (κ1) is 18.6. The van der Waals surface area contributed by atoms with Gasteiger partial charge in [-0.3, -0.25) is 4.79 Å². The Hall–Kier alpha value is -1.15. The van der Waals surface area contributed by atoms with Crippen LogP contribution in [0.2, 0.25) is 0 Å². The fourth-order valence-electron chi connectivity index (χ4n) is 4.17. The molecule has 3 aliphatic heterocycles. The minimum atomic E-state index is -3.51. The molecule has 3 aliphatic rings. The van der Waals surface area contributed by atoms with Crippen LogP contribution >= 0.6 is 12.4 Å². The third-order valence-corrected chi connectivity index (χ3v) is 6.86. The molecule has 0 spiro atoms. The maximum absolute atomic E-state index is 12.6. The van der Waals surface area contributed by atoms with E-state index < -0.39 is 10.0 Å². The van der Waals surface area contributed by atoms with Gasteiger partial charge in [-0.25, -0.2) is 13.1 Å². The lowest BCUT2D eigenvalue weighted by atomic mass is 10.0. The molecule has 0 aromatic heterocycles. The van der Waals surface area contributed by atoms with Crippen molar-refractivity contribution in [3.63, 3.8) is 0 Å². The molecule has 3 fully saturated rings. The predicted molar refractivity (Wildman–Crippen MR) is 98.6 cm³/mol. The van der Waals surface area contributed by atoms with E-state index in [1.165, 1.54) is 0 Å². The molecule has 2 unspecified atom stereocenters. The first-order chi connectivity index (χ1) is 11.5. The lowest BCUT2D eigenvalue weighted by Crippen LogP contribution is -2.47. The van der Waals surface area contributed by atoms with Crippen molar-refractivity contribution in [2.45, 2.75) is 61.5 Å². The molecule has 4 rings (SSSR count). The Labute approximate surface area is 154 Å². The number of amides is 1. The fourth-order valence-corrected chi connectivity index (χ4v) is 5.43. The predicted octanol–water partition coefficient (Wildman–Crippen LogP) is 1.80. The molecule has 1 aromatic rings. The average Bonchev–Trinajstić information content (AvgIpc) is 3.12. The number of anilines is 1. The third kappa shape index (κ3) is 3.84. The van der Waals surface area contributed by atoms with Crippen LogP contribution in [0.15, 0.2) is 29.2 Å². The van der Waals surface area contributed by atoms with Crippen molar-refractivity contribution in [3.05, 3.63) is 24.3 Å². The molecule has 3 heterocycles. The highest BCUT2D eigenvalue weighted by molar-refractivity contribution is 7.89. The van der Waals surface area contributed by atoms with E-state index in [1.54, 1.807) is 29.2 Å². The van der Waals surface area contributed by atoms with Crippen LogP contribution in [0, 0.1) is 0 Å². The van der Waals surface area contributed by atoms with Gasteiger partial charge in [-0.2, -0.15) is 0 Å². The van der Waals surface area contributed by atoms with Crippen LogP contribution in [0.3, 0.4) is 0 Å². The van der Waals surface area contributed by atoms with Crippen LogP contribution in [0.4, 0.5) is 5.69 Å². The van der Waals surface area contributed by atoms with Gasteiger partial charge in [-0.1, -0.05) is 0 Å². The van der Waals surface area contributed by atoms with Gasteiger partial charge in [0, 0.05) is 36.8 Å². The van der Waals surface area contributed by atoms with Crippen molar-refractivity contribution in [2.24, 2.45) is 0 Å². The largest absolute Gasteiger partial charge is 0.312 e. The number of rotatable bonds is 4. The number of benzene rings is 1. The molecule has 0 saturated carbocycles. The van der Waals surface area contributed by atoms with E-state index in [2.05, 4.69) is 10.0 Å². The van der Waals surface area contributed by atoms with Crippen molar-refractivity contribution in [2.75, 3.05) is 11.4 Å². The van der Waals surface area contributed by atoms with E-state index in [1.807, 2.05) is 0 Å². The van der Waals surface area contributed by atoms with E-state index >= 15 is 0 Å². The number of hydrogen-bond donors (Lipinski definition) is 2. The Balaban J connectivity index is 0.00000182. The summed E-state index contributed by atoms with van der Waals surface area (Å²) in [5.41, 5.74) is 0.774. The van der Waals surface area contributed by atoms with Crippen molar-refractivity contribution in [1.82, 2.24) is 10.0 Å². The zero-order chi connectivity index (χ0) is 16.7. The molecule has 8 heteroatoms. The van der Waals surface area contributed by atoms with Gasteiger partial charge in [-0.05, 0) is 56.4 Å².